The Labute approximate surface area is 231 Å². The minimum atomic E-state index is -4.17. The van der Waals surface area contributed by atoms with Crippen molar-refractivity contribution in [3.05, 3.63) is 89.5 Å². The summed E-state index contributed by atoms with van der Waals surface area (Å²) in [6.45, 7) is 7.50. The normalized spacial score (nSPS) is 11.9. The Morgan fingerprint density at radius 1 is 0.949 bits per heavy atom. The lowest BCUT2D eigenvalue weighted by atomic mass is 10.1. The predicted octanol–water partition coefficient (Wildman–Crippen LogP) is 4.45. The fraction of sp³-hybridized carbons (Fsp3) is 0.333. The molecule has 9 heteroatoms. The van der Waals surface area contributed by atoms with Gasteiger partial charge in [-0.15, -0.1) is 0 Å². The van der Waals surface area contributed by atoms with Crippen LogP contribution in [0.25, 0.3) is 0 Å². The summed E-state index contributed by atoms with van der Waals surface area (Å²) in [7, 11) is -2.71. The van der Waals surface area contributed by atoms with Crippen molar-refractivity contribution >= 4 is 27.5 Å². The molecule has 0 aliphatic heterocycles. The van der Waals surface area contributed by atoms with Crippen LogP contribution in [-0.2, 0) is 26.2 Å². The largest absolute Gasteiger partial charge is 0.495 e. The molecule has 8 nitrogen and oxygen atoms in total. The first-order valence-electron chi connectivity index (χ1n) is 12.9. The number of anilines is 1. The molecule has 3 aromatic rings. The maximum Gasteiger partial charge on any atom is 0.264 e. The molecule has 0 bridgehead atoms. The monoisotopic (exact) mass is 551 g/mol. The van der Waals surface area contributed by atoms with Gasteiger partial charge >= 0.3 is 0 Å². The summed E-state index contributed by atoms with van der Waals surface area (Å²) in [6, 6.07) is 19.9. The number of sulfonamides is 1. The van der Waals surface area contributed by atoms with E-state index in [4.69, 9.17) is 4.74 Å². The Bertz CT molecular complexity index is 1380. The SMILES string of the molecule is CCCNC(=O)[C@@H](C)N(Cc1ccc(C)cc1)C(=O)CN(c1cc(C)ccc1OC)S(=O)(=O)c1ccccc1. The third kappa shape index (κ3) is 7.38. The minimum Gasteiger partial charge on any atom is -0.495 e. The molecular formula is C30H37N3O5S. The second kappa shape index (κ2) is 13.3. The quantitative estimate of drug-likeness (QED) is 0.359. The fourth-order valence-corrected chi connectivity index (χ4v) is 5.53. The van der Waals surface area contributed by atoms with E-state index in [-0.39, 0.29) is 23.0 Å². The van der Waals surface area contributed by atoms with Gasteiger partial charge in [-0.05, 0) is 62.6 Å². The molecule has 208 valence electrons. The van der Waals surface area contributed by atoms with Gasteiger partial charge < -0.3 is 15.0 Å². The van der Waals surface area contributed by atoms with Crippen molar-refractivity contribution in [3.63, 3.8) is 0 Å². The van der Waals surface area contributed by atoms with Crippen LogP contribution in [0.2, 0.25) is 0 Å². The molecule has 0 aliphatic carbocycles. The van der Waals surface area contributed by atoms with Crippen LogP contribution in [-0.4, -0.2) is 51.4 Å². The highest BCUT2D eigenvalue weighted by Crippen LogP contribution is 2.33. The van der Waals surface area contributed by atoms with Crippen LogP contribution < -0.4 is 14.4 Å². The number of benzene rings is 3. The zero-order valence-electron chi connectivity index (χ0n) is 23.2. The third-order valence-corrected chi connectivity index (χ3v) is 8.18. The maximum absolute atomic E-state index is 14.0. The van der Waals surface area contributed by atoms with E-state index < -0.39 is 28.5 Å². The number of nitrogens with one attached hydrogen (secondary N) is 1. The summed E-state index contributed by atoms with van der Waals surface area (Å²) >= 11 is 0. The highest BCUT2D eigenvalue weighted by molar-refractivity contribution is 7.92. The first kappa shape index (κ1) is 29.7. The second-order valence-electron chi connectivity index (χ2n) is 9.47. The molecule has 0 unspecified atom stereocenters. The van der Waals surface area contributed by atoms with E-state index in [1.165, 1.54) is 24.1 Å². The predicted molar refractivity (Wildman–Crippen MR) is 153 cm³/mol. The van der Waals surface area contributed by atoms with E-state index in [0.29, 0.717) is 12.3 Å². The van der Waals surface area contributed by atoms with Gasteiger partial charge in [-0.3, -0.25) is 13.9 Å². The summed E-state index contributed by atoms with van der Waals surface area (Å²) in [6.07, 6.45) is 0.751. The number of hydrogen-bond donors (Lipinski definition) is 1. The van der Waals surface area contributed by atoms with Gasteiger partial charge in [0.2, 0.25) is 11.8 Å². The van der Waals surface area contributed by atoms with Crippen LogP contribution >= 0.6 is 0 Å². The smallest absolute Gasteiger partial charge is 0.264 e. The van der Waals surface area contributed by atoms with Gasteiger partial charge in [0.05, 0.1) is 17.7 Å². The van der Waals surface area contributed by atoms with Gasteiger partial charge in [0.1, 0.15) is 18.3 Å². The average Bonchev–Trinajstić information content (AvgIpc) is 2.94. The van der Waals surface area contributed by atoms with E-state index in [2.05, 4.69) is 5.32 Å². The van der Waals surface area contributed by atoms with Crippen molar-refractivity contribution in [2.75, 3.05) is 24.5 Å². The van der Waals surface area contributed by atoms with Crippen LogP contribution in [0.4, 0.5) is 5.69 Å². The molecular weight excluding hydrogens is 514 g/mol. The van der Waals surface area contributed by atoms with Crippen molar-refractivity contribution in [1.82, 2.24) is 10.2 Å². The number of ether oxygens (including phenoxy) is 1. The summed E-state index contributed by atoms with van der Waals surface area (Å²) in [5.74, 6) is -0.507. The van der Waals surface area contributed by atoms with Crippen molar-refractivity contribution < 1.29 is 22.7 Å². The van der Waals surface area contributed by atoms with Crippen LogP contribution in [0, 0.1) is 13.8 Å². The molecule has 0 saturated carbocycles. The van der Waals surface area contributed by atoms with Gasteiger partial charge in [-0.1, -0.05) is 61.0 Å². The Morgan fingerprint density at radius 2 is 1.59 bits per heavy atom. The molecule has 0 heterocycles. The van der Waals surface area contributed by atoms with Gasteiger partial charge in [0, 0.05) is 13.1 Å². The number of carbonyl (C=O) groups excluding carboxylic acids is 2. The maximum atomic E-state index is 14.0. The Hall–Kier alpha value is -3.85. The van der Waals surface area contributed by atoms with E-state index in [1.54, 1.807) is 43.3 Å². The number of nitrogens with zero attached hydrogens (tertiary/aromatic N) is 2. The molecule has 0 fully saturated rings. The van der Waals surface area contributed by atoms with Crippen molar-refractivity contribution in [1.29, 1.82) is 0 Å². The van der Waals surface area contributed by atoms with Crippen LogP contribution in [0.5, 0.6) is 5.75 Å². The Morgan fingerprint density at radius 3 is 2.21 bits per heavy atom. The molecule has 3 aromatic carbocycles. The number of hydrogen-bond acceptors (Lipinski definition) is 5. The Kier molecular flexibility index (Phi) is 10.1. The van der Waals surface area contributed by atoms with Crippen molar-refractivity contribution in [2.45, 2.75) is 51.6 Å². The van der Waals surface area contributed by atoms with Crippen molar-refractivity contribution in [3.8, 4) is 5.75 Å². The average molecular weight is 552 g/mol. The van der Waals surface area contributed by atoms with E-state index >= 15 is 0 Å². The first-order chi connectivity index (χ1) is 18.6. The lowest BCUT2D eigenvalue weighted by Gasteiger charge is -2.32. The highest BCUT2D eigenvalue weighted by Gasteiger charge is 2.33. The van der Waals surface area contributed by atoms with Gasteiger partial charge in [-0.2, -0.15) is 0 Å². The fourth-order valence-electron chi connectivity index (χ4n) is 4.10. The highest BCUT2D eigenvalue weighted by atomic mass is 32.2. The van der Waals surface area contributed by atoms with Crippen molar-refractivity contribution in [2.24, 2.45) is 0 Å². The molecule has 3 rings (SSSR count). The molecule has 0 radical (unpaired) electrons. The zero-order chi connectivity index (χ0) is 28.6. The van der Waals surface area contributed by atoms with E-state index in [9.17, 15) is 18.0 Å². The Balaban J connectivity index is 2.07. The zero-order valence-corrected chi connectivity index (χ0v) is 24.0. The van der Waals surface area contributed by atoms with E-state index in [0.717, 1.165) is 27.4 Å². The molecule has 0 aromatic heterocycles. The third-order valence-electron chi connectivity index (χ3n) is 6.40. The lowest BCUT2D eigenvalue weighted by Crippen LogP contribution is -2.51. The summed E-state index contributed by atoms with van der Waals surface area (Å²) in [4.78, 5) is 28.4. The molecule has 39 heavy (non-hydrogen) atoms. The number of methoxy groups -OCH3 is 1. The first-order valence-corrected chi connectivity index (χ1v) is 14.4. The number of carbonyl (C=O) groups is 2. The molecule has 1 N–H and O–H groups in total. The summed E-state index contributed by atoms with van der Waals surface area (Å²) < 4.78 is 34.4. The summed E-state index contributed by atoms with van der Waals surface area (Å²) in [5, 5.41) is 2.84. The van der Waals surface area contributed by atoms with Gasteiger partial charge in [0.25, 0.3) is 10.0 Å². The topological polar surface area (TPSA) is 96.0 Å². The number of amides is 2. The molecule has 1 atom stereocenters. The summed E-state index contributed by atoms with van der Waals surface area (Å²) in [5.41, 5.74) is 2.94. The second-order valence-corrected chi connectivity index (χ2v) is 11.3. The van der Waals surface area contributed by atoms with Gasteiger partial charge in [0.15, 0.2) is 0 Å². The number of aryl methyl sites for hydroxylation is 2. The number of rotatable bonds is 12. The van der Waals surface area contributed by atoms with Crippen LogP contribution in [0.3, 0.4) is 0 Å². The molecule has 0 spiro atoms. The molecule has 2 amide bonds. The van der Waals surface area contributed by atoms with Gasteiger partial charge in [-0.25, -0.2) is 8.42 Å². The van der Waals surface area contributed by atoms with Crippen LogP contribution in [0.15, 0.2) is 77.7 Å². The van der Waals surface area contributed by atoms with Crippen LogP contribution in [0.1, 0.15) is 37.0 Å². The van der Waals surface area contributed by atoms with E-state index in [1.807, 2.05) is 45.0 Å². The lowest BCUT2D eigenvalue weighted by molar-refractivity contribution is -0.139. The molecule has 0 saturated heterocycles. The minimum absolute atomic E-state index is 0.0418. The molecule has 0 aliphatic rings. The standard InChI is InChI=1S/C30H37N3O5S/c1-6-18-31-30(35)24(4)32(20-25-15-12-22(2)13-16-25)29(34)21-33(27-19-23(3)14-17-28(27)38-5)39(36,37)26-10-8-7-9-11-26/h7-17,19,24H,6,18,20-21H2,1-5H3,(H,31,35)/t24-/m1/s1.